The molecule has 0 unspecified atom stereocenters. The Labute approximate surface area is 147 Å². The van der Waals surface area contributed by atoms with Crippen molar-refractivity contribution >= 4 is 17.9 Å². The second-order valence-electron chi connectivity index (χ2n) is 6.29. The lowest BCUT2D eigenvalue weighted by atomic mass is 9.92. The van der Waals surface area contributed by atoms with Crippen molar-refractivity contribution in [3.63, 3.8) is 0 Å². The Morgan fingerprint density at radius 1 is 0.720 bits per heavy atom. The van der Waals surface area contributed by atoms with Crippen LogP contribution in [0.5, 0.6) is 0 Å². The molecule has 0 radical (unpaired) electrons. The highest BCUT2D eigenvalue weighted by molar-refractivity contribution is 5.94. The number of nitrogens with zero attached hydrogens (tertiary/aromatic N) is 1. The molecule has 4 rings (SSSR count). The maximum atomic E-state index is 8.78. The van der Waals surface area contributed by atoms with Gasteiger partial charge in [0, 0.05) is 0 Å². The highest BCUT2D eigenvalue weighted by atomic mass is 16.4. The normalized spacial score (nSPS) is 13.2. The Hall–Kier alpha value is -3.13. The predicted molar refractivity (Wildman–Crippen MR) is 103 cm³/mol. The number of aryl methyl sites for hydroxylation is 2. The fourth-order valence-electron chi connectivity index (χ4n) is 3.53. The van der Waals surface area contributed by atoms with Gasteiger partial charge in [0.15, 0.2) is 0 Å². The van der Waals surface area contributed by atoms with Crippen LogP contribution in [0.25, 0.3) is 11.6 Å². The van der Waals surface area contributed by atoms with Crippen LogP contribution >= 0.6 is 0 Å². The molecule has 0 atom stereocenters. The van der Waals surface area contributed by atoms with E-state index in [1.807, 2.05) is 18.2 Å². The quantitative estimate of drug-likeness (QED) is 0.393. The van der Waals surface area contributed by atoms with Crippen molar-refractivity contribution in [3.8, 4) is 0 Å². The molecule has 122 valence electrons. The van der Waals surface area contributed by atoms with E-state index >= 15 is 0 Å². The average molecular weight is 325 g/mol. The molecule has 0 aliphatic heterocycles. The lowest BCUT2D eigenvalue weighted by molar-refractivity contribution is 0.322. The van der Waals surface area contributed by atoms with Crippen molar-refractivity contribution in [2.75, 3.05) is 0 Å². The predicted octanol–water partition coefficient (Wildman–Crippen LogP) is 5.18. The van der Waals surface area contributed by atoms with Crippen molar-refractivity contribution in [2.45, 2.75) is 12.8 Å². The molecule has 0 fully saturated rings. The van der Waals surface area contributed by atoms with Gasteiger partial charge in [-0.1, -0.05) is 71.9 Å². The first-order valence-corrected chi connectivity index (χ1v) is 8.51. The maximum absolute atomic E-state index is 8.78. The third kappa shape index (κ3) is 3.11. The van der Waals surface area contributed by atoms with Crippen LogP contribution in [0.15, 0.2) is 78.0 Å². The zero-order valence-corrected chi connectivity index (χ0v) is 13.9. The van der Waals surface area contributed by atoms with Gasteiger partial charge in [0.1, 0.15) is 0 Å². The molecule has 1 aliphatic carbocycles. The van der Waals surface area contributed by atoms with Gasteiger partial charge in [-0.3, -0.25) is 0 Å². The standard InChI is InChI=1S/C23H19NO/c25-24-16-18-7-5-6-17(14-18)15-23-21-10-3-1-8-19(21)12-13-20-9-2-4-11-22(20)23/h1-11,14-16,25H,12-13H2/b24-16+. The van der Waals surface area contributed by atoms with Crippen LogP contribution in [0.4, 0.5) is 0 Å². The summed E-state index contributed by atoms with van der Waals surface area (Å²) in [5.41, 5.74) is 8.60. The number of hydrogen-bond donors (Lipinski definition) is 1. The lowest BCUT2D eigenvalue weighted by Gasteiger charge is -2.12. The molecule has 0 saturated heterocycles. The summed E-state index contributed by atoms with van der Waals surface area (Å²) in [6.07, 6.45) is 5.80. The number of benzene rings is 3. The molecule has 0 saturated carbocycles. The monoisotopic (exact) mass is 325 g/mol. The lowest BCUT2D eigenvalue weighted by Crippen LogP contribution is -1.92. The molecule has 3 aromatic rings. The van der Waals surface area contributed by atoms with Crippen LogP contribution in [-0.4, -0.2) is 11.4 Å². The van der Waals surface area contributed by atoms with Gasteiger partial charge in [0.05, 0.1) is 6.21 Å². The van der Waals surface area contributed by atoms with E-state index in [-0.39, 0.29) is 0 Å². The summed E-state index contributed by atoms with van der Waals surface area (Å²) < 4.78 is 0. The van der Waals surface area contributed by atoms with Crippen LogP contribution in [0.3, 0.4) is 0 Å². The molecule has 25 heavy (non-hydrogen) atoms. The minimum atomic E-state index is 0.882. The number of oxime groups is 1. The third-order valence-electron chi connectivity index (χ3n) is 4.71. The summed E-state index contributed by atoms with van der Waals surface area (Å²) in [5.74, 6) is 0. The molecule has 0 spiro atoms. The molecule has 0 aromatic heterocycles. The van der Waals surface area contributed by atoms with Crippen molar-refractivity contribution in [1.82, 2.24) is 0 Å². The molecule has 2 nitrogen and oxygen atoms in total. The van der Waals surface area contributed by atoms with E-state index in [4.69, 9.17) is 5.21 Å². The fourth-order valence-corrected chi connectivity index (χ4v) is 3.53. The Bertz CT molecular complexity index is 920. The smallest absolute Gasteiger partial charge is 0.0734 e. The summed E-state index contributed by atoms with van der Waals surface area (Å²) in [7, 11) is 0. The van der Waals surface area contributed by atoms with Crippen molar-refractivity contribution < 1.29 is 5.21 Å². The van der Waals surface area contributed by atoms with Gasteiger partial charge in [-0.15, -0.1) is 0 Å². The molecule has 1 N–H and O–H groups in total. The van der Waals surface area contributed by atoms with Gasteiger partial charge in [-0.2, -0.15) is 0 Å². The summed E-state index contributed by atoms with van der Waals surface area (Å²) in [5, 5.41) is 11.9. The molecular formula is C23H19NO. The van der Waals surface area contributed by atoms with E-state index in [1.165, 1.54) is 34.0 Å². The molecule has 2 heteroatoms. The molecular weight excluding hydrogens is 306 g/mol. The van der Waals surface area contributed by atoms with Gasteiger partial charge in [-0.05, 0) is 63.9 Å². The molecule has 0 bridgehead atoms. The second kappa shape index (κ2) is 6.78. The van der Waals surface area contributed by atoms with Crippen molar-refractivity contribution in [2.24, 2.45) is 5.16 Å². The van der Waals surface area contributed by atoms with Crippen LogP contribution < -0.4 is 0 Å². The van der Waals surface area contributed by atoms with Gasteiger partial charge >= 0.3 is 0 Å². The van der Waals surface area contributed by atoms with E-state index in [9.17, 15) is 0 Å². The minimum absolute atomic E-state index is 0.882. The van der Waals surface area contributed by atoms with Crippen molar-refractivity contribution in [3.05, 3.63) is 106 Å². The largest absolute Gasteiger partial charge is 0.411 e. The highest BCUT2D eigenvalue weighted by Gasteiger charge is 2.17. The summed E-state index contributed by atoms with van der Waals surface area (Å²) in [4.78, 5) is 0. The van der Waals surface area contributed by atoms with Gasteiger partial charge in [0.2, 0.25) is 0 Å². The third-order valence-corrected chi connectivity index (χ3v) is 4.71. The molecule has 1 aliphatic rings. The first kappa shape index (κ1) is 15.4. The van der Waals surface area contributed by atoms with Crippen LogP contribution in [-0.2, 0) is 12.8 Å². The van der Waals surface area contributed by atoms with E-state index in [2.05, 4.69) is 65.8 Å². The Morgan fingerprint density at radius 3 is 1.96 bits per heavy atom. The van der Waals surface area contributed by atoms with Crippen LogP contribution in [0, 0.1) is 0 Å². The SMILES string of the molecule is O/N=C/c1cccc(C=C2c3ccccc3CCc3ccccc32)c1. The van der Waals surface area contributed by atoms with Crippen LogP contribution in [0.1, 0.15) is 33.4 Å². The number of fused-ring (bicyclic) bond motifs is 2. The van der Waals surface area contributed by atoms with E-state index in [0.29, 0.717) is 0 Å². The Morgan fingerprint density at radius 2 is 1.32 bits per heavy atom. The summed E-state index contributed by atoms with van der Waals surface area (Å²) in [6.45, 7) is 0. The maximum Gasteiger partial charge on any atom is 0.0734 e. The Kier molecular flexibility index (Phi) is 4.17. The molecule has 0 heterocycles. The zero-order chi connectivity index (χ0) is 17.1. The number of rotatable bonds is 2. The van der Waals surface area contributed by atoms with Gasteiger partial charge in [-0.25, -0.2) is 0 Å². The minimum Gasteiger partial charge on any atom is -0.411 e. The molecule has 0 amide bonds. The summed E-state index contributed by atoms with van der Waals surface area (Å²) in [6, 6.07) is 25.3. The Balaban J connectivity index is 1.92. The first-order chi connectivity index (χ1) is 12.3. The number of hydrogen-bond acceptors (Lipinski definition) is 2. The van der Waals surface area contributed by atoms with E-state index < -0.39 is 0 Å². The summed E-state index contributed by atoms with van der Waals surface area (Å²) >= 11 is 0. The van der Waals surface area contributed by atoms with Gasteiger partial charge in [0.25, 0.3) is 0 Å². The van der Waals surface area contributed by atoms with E-state index in [0.717, 1.165) is 24.0 Å². The fraction of sp³-hybridized carbons (Fsp3) is 0.0870. The van der Waals surface area contributed by atoms with Gasteiger partial charge < -0.3 is 5.21 Å². The van der Waals surface area contributed by atoms with E-state index in [1.54, 1.807) is 0 Å². The topological polar surface area (TPSA) is 32.6 Å². The zero-order valence-electron chi connectivity index (χ0n) is 13.9. The van der Waals surface area contributed by atoms with Crippen molar-refractivity contribution in [1.29, 1.82) is 0 Å². The average Bonchev–Trinajstić information content (AvgIpc) is 2.80. The second-order valence-corrected chi connectivity index (χ2v) is 6.29. The molecule has 3 aromatic carbocycles. The first-order valence-electron chi connectivity index (χ1n) is 8.51. The highest BCUT2D eigenvalue weighted by Crippen LogP contribution is 2.34. The van der Waals surface area contributed by atoms with Crippen LogP contribution in [0.2, 0.25) is 0 Å².